The number of fused-ring (bicyclic) bond motifs is 1. The molecule has 0 saturated heterocycles. The van der Waals surface area contributed by atoms with Crippen molar-refractivity contribution in [3.05, 3.63) is 41.0 Å². The molecule has 1 aliphatic heterocycles. The Hall–Kier alpha value is -3.41. The number of aromatic nitrogens is 2. The molecular weight excluding hydrogens is 380 g/mol. The minimum Gasteiger partial charge on any atom is -0.481 e. The van der Waals surface area contributed by atoms with Gasteiger partial charge in [0.05, 0.1) is 31.5 Å². The largest absolute Gasteiger partial charge is 0.481 e. The highest BCUT2D eigenvalue weighted by atomic mass is 32.2. The number of allylic oxidation sites excluding steroid dienone is 3. The van der Waals surface area contributed by atoms with E-state index in [-0.39, 0.29) is 22.6 Å². The molecule has 2 aliphatic rings. The van der Waals surface area contributed by atoms with Gasteiger partial charge in [-0.25, -0.2) is 17.9 Å². The summed E-state index contributed by atoms with van der Waals surface area (Å²) in [6.45, 7) is 0. The van der Waals surface area contributed by atoms with Gasteiger partial charge >= 0.3 is 12.0 Å². The molecule has 0 bridgehead atoms. The molecule has 1 unspecified atom stereocenters. The standard InChI is InChI=1S/C15H14N4O7S/c1-24-10-6-11(25-2)17-14(16-10)18-15(21)19-27(22,23)9-5-3-4-8-7-26-13(20)12(8)9/h3-7,12H,1-2H3,(H2,16,17,18,19,21). The first kappa shape index (κ1) is 18.4. The van der Waals surface area contributed by atoms with Crippen LogP contribution in [0.4, 0.5) is 10.7 Å². The fourth-order valence-electron chi connectivity index (χ4n) is 2.39. The van der Waals surface area contributed by atoms with E-state index in [0.717, 1.165) is 0 Å². The molecule has 27 heavy (non-hydrogen) atoms. The van der Waals surface area contributed by atoms with E-state index in [0.29, 0.717) is 5.57 Å². The second-order valence-electron chi connectivity index (χ2n) is 5.25. The van der Waals surface area contributed by atoms with Gasteiger partial charge in [0.2, 0.25) is 17.7 Å². The smallest absolute Gasteiger partial charge is 0.335 e. The summed E-state index contributed by atoms with van der Waals surface area (Å²) in [6, 6.07) is 0.246. The Morgan fingerprint density at radius 1 is 1.22 bits per heavy atom. The highest BCUT2D eigenvalue weighted by Crippen LogP contribution is 2.34. The second-order valence-corrected chi connectivity index (χ2v) is 6.93. The number of hydrogen-bond donors (Lipinski definition) is 2. The maximum absolute atomic E-state index is 12.5. The van der Waals surface area contributed by atoms with Crippen LogP contribution < -0.4 is 19.5 Å². The number of hydrogen-bond acceptors (Lipinski definition) is 9. The average molecular weight is 394 g/mol. The number of sulfonamides is 1. The Labute approximate surface area is 153 Å². The molecule has 0 spiro atoms. The molecule has 3 rings (SSSR count). The molecule has 0 saturated carbocycles. The van der Waals surface area contributed by atoms with Crippen LogP contribution in [0.5, 0.6) is 11.8 Å². The third kappa shape index (κ3) is 3.74. The monoisotopic (exact) mass is 394 g/mol. The van der Waals surface area contributed by atoms with E-state index >= 15 is 0 Å². The lowest BCUT2D eigenvalue weighted by atomic mass is 9.97. The summed E-state index contributed by atoms with van der Waals surface area (Å²) in [4.78, 5) is 31.3. The molecule has 2 N–H and O–H groups in total. The SMILES string of the molecule is COc1cc(OC)nc(NC(=O)NS(=O)(=O)C2=CC=CC3=COC(=O)C32)n1. The first-order chi connectivity index (χ1) is 12.8. The normalized spacial score (nSPS) is 18.0. The Bertz CT molecular complexity index is 975. The van der Waals surface area contributed by atoms with E-state index in [1.807, 2.05) is 0 Å². The van der Waals surface area contributed by atoms with Gasteiger partial charge in [0.15, 0.2) is 0 Å². The summed E-state index contributed by atoms with van der Waals surface area (Å²) in [5.74, 6) is -1.90. The highest BCUT2D eigenvalue weighted by molar-refractivity contribution is 7.94. The van der Waals surface area contributed by atoms with Crippen LogP contribution in [-0.2, 0) is 19.6 Å². The molecule has 0 fully saturated rings. The molecular formula is C15H14N4O7S. The number of rotatable bonds is 5. The fraction of sp³-hybridized carbons (Fsp3) is 0.200. The Balaban J connectivity index is 1.78. The number of urea groups is 1. The van der Waals surface area contributed by atoms with Crippen molar-refractivity contribution in [2.24, 2.45) is 5.92 Å². The van der Waals surface area contributed by atoms with E-state index in [9.17, 15) is 18.0 Å². The van der Waals surface area contributed by atoms with E-state index in [2.05, 4.69) is 15.3 Å². The van der Waals surface area contributed by atoms with E-state index in [1.54, 1.807) is 10.8 Å². The summed E-state index contributed by atoms with van der Waals surface area (Å²) in [5, 5.41) is 2.17. The van der Waals surface area contributed by atoms with Crippen molar-refractivity contribution in [3.8, 4) is 11.8 Å². The molecule has 1 aromatic rings. The number of ether oxygens (including phenoxy) is 3. The Morgan fingerprint density at radius 3 is 2.52 bits per heavy atom. The number of carbonyl (C=O) groups excluding carboxylic acids is 2. The summed E-state index contributed by atoms with van der Waals surface area (Å²) in [6.07, 6.45) is 5.37. The van der Waals surface area contributed by atoms with Crippen molar-refractivity contribution >= 4 is 28.0 Å². The highest BCUT2D eigenvalue weighted by Gasteiger charge is 2.40. The van der Waals surface area contributed by atoms with Crippen molar-refractivity contribution in [3.63, 3.8) is 0 Å². The van der Waals surface area contributed by atoms with Crippen LogP contribution in [0.1, 0.15) is 0 Å². The topological polar surface area (TPSA) is 146 Å². The average Bonchev–Trinajstić information content (AvgIpc) is 3.02. The van der Waals surface area contributed by atoms with Gasteiger partial charge in [-0.3, -0.25) is 10.1 Å². The van der Waals surface area contributed by atoms with Gasteiger partial charge in [-0.2, -0.15) is 9.97 Å². The van der Waals surface area contributed by atoms with Crippen molar-refractivity contribution in [1.82, 2.24) is 14.7 Å². The zero-order valence-electron chi connectivity index (χ0n) is 14.1. The van der Waals surface area contributed by atoms with Crippen LogP contribution in [-0.4, -0.2) is 44.6 Å². The number of nitrogens with zero attached hydrogens (tertiary/aromatic N) is 2. The van der Waals surface area contributed by atoms with Crippen molar-refractivity contribution in [2.75, 3.05) is 19.5 Å². The van der Waals surface area contributed by atoms with Crippen LogP contribution in [0.3, 0.4) is 0 Å². The van der Waals surface area contributed by atoms with Gasteiger partial charge in [-0.05, 0) is 6.08 Å². The van der Waals surface area contributed by atoms with E-state index in [4.69, 9.17) is 14.2 Å². The Morgan fingerprint density at radius 2 is 1.89 bits per heavy atom. The Kier molecular flexibility index (Phi) is 4.81. The van der Waals surface area contributed by atoms with Gasteiger partial charge in [-0.15, -0.1) is 0 Å². The van der Waals surface area contributed by atoms with Gasteiger partial charge in [0.1, 0.15) is 5.92 Å². The number of anilines is 1. The second kappa shape index (κ2) is 7.07. The summed E-state index contributed by atoms with van der Waals surface area (Å²) >= 11 is 0. The predicted octanol–water partition coefficient (Wildman–Crippen LogP) is 0.456. The molecule has 12 heteroatoms. The third-order valence-corrected chi connectivity index (χ3v) is 5.02. The van der Waals surface area contributed by atoms with E-state index in [1.165, 1.54) is 38.7 Å². The maximum Gasteiger partial charge on any atom is 0.335 e. The number of esters is 1. The minimum atomic E-state index is -4.33. The van der Waals surface area contributed by atoms with E-state index < -0.39 is 27.9 Å². The zero-order chi connectivity index (χ0) is 19.6. The van der Waals surface area contributed by atoms with Gasteiger partial charge in [0.25, 0.3) is 10.0 Å². The van der Waals surface area contributed by atoms with Crippen LogP contribution in [0.25, 0.3) is 0 Å². The van der Waals surface area contributed by atoms with Crippen molar-refractivity contribution < 1.29 is 32.2 Å². The zero-order valence-corrected chi connectivity index (χ0v) is 14.9. The molecule has 0 radical (unpaired) electrons. The van der Waals surface area contributed by atoms with Crippen LogP contribution in [0.15, 0.2) is 41.0 Å². The third-order valence-electron chi connectivity index (χ3n) is 3.57. The van der Waals surface area contributed by atoms with Crippen LogP contribution in [0.2, 0.25) is 0 Å². The summed E-state index contributed by atoms with van der Waals surface area (Å²) in [5.41, 5.74) is 0.379. The first-order valence-corrected chi connectivity index (χ1v) is 8.92. The number of nitrogens with one attached hydrogen (secondary N) is 2. The fourth-order valence-corrected chi connectivity index (χ4v) is 3.60. The number of cyclic esters (lactones) is 1. The molecule has 1 aliphatic carbocycles. The van der Waals surface area contributed by atoms with Gasteiger partial charge < -0.3 is 14.2 Å². The summed E-state index contributed by atoms with van der Waals surface area (Å²) < 4.78 is 41.5. The van der Waals surface area contributed by atoms with Crippen molar-refractivity contribution in [2.45, 2.75) is 0 Å². The number of methoxy groups -OCH3 is 2. The number of amides is 2. The molecule has 2 heterocycles. The van der Waals surface area contributed by atoms with Crippen molar-refractivity contribution in [1.29, 1.82) is 0 Å². The summed E-state index contributed by atoms with van der Waals surface area (Å²) in [7, 11) is -1.63. The van der Waals surface area contributed by atoms with Crippen LogP contribution >= 0.6 is 0 Å². The lowest BCUT2D eigenvalue weighted by Crippen LogP contribution is -2.38. The molecule has 11 nitrogen and oxygen atoms in total. The first-order valence-electron chi connectivity index (χ1n) is 7.43. The quantitative estimate of drug-likeness (QED) is 0.680. The lowest BCUT2D eigenvalue weighted by Gasteiger charge is -2.17. The molecule has 1 atom stereocenters. The molecule has 142 valence electrons. The maximum atomic E-state index is 12.5. The van der Waals surface area contributed by atoms with Gasteiger partial charge in [-0.1, -0.05) is 12.2 Å². The minimum absolute atomic E-state index is 0.101. The predicted molar refractivity (Wildman–Crippen MR) is 91.1 cm³/mol. The van der Waals surface area contributed by atoms with Crippen LogP contribution in [0, 0.1) is 5.92 Å². The molecule has 1 aromatic heterocycles. The molecule has 2 amide bonds. The number of carbonyl (C=O) groups is 2. The van der Waals surface area contributed by atoms with Gasteiger partial charge in [0, 0.05) is 5.57 Å². The molecule has 0 aromatic carbocycles. The lowest BCUT2D eigenvalue weighted by molar-refractivity contribution is -0.137.